The molecular formula is C42H80NO8P. The number of phosphoric acid groups is 1. The number of hydrogen-bond donors (Lipinski definition) is 0. The lowest BCUT2D eigenvalue weighted by Crippen LogP contribution is -2.37. The van der Waals surface area contributed by atoms with Gasteiger partial charge in [0.15, 0.2) is 6.10 Å². The summed E-state index contributed by atoms with van der Waals surface area (Å²) >= 11 is 0. The molecule has 306 valence electrons. The number of allylic oxidation sites excluding steroid dienone is 4. The molecule has 0 N–H and O–H groups in total. The van der Waals surface area contributed by atoms with Crippen molar-refractivity contribution in [3.05, 3.63) is 24.3 Å². The van der Waals surface area contributed by atoms with Crippen LogP contribution >= 0.6 is 7.82 Å². The van der Waals surface area contributed by atoms with Gasteiger partial charge >= 0.3 is 11.9 Å². The topological polar surface area (TPSA) is 111 Å². The monoisotopic (exact) mass is 758 g/mol. The second-order valence-electron chi connectivity index (χ2n) is 15.4. The highest BCUT2D eigenvalue weighted by atomic mass is 31.2. The first-order chi connectivity index (χ1) is 25.0. The molecule has 10 heteroatoms. The summed E-state index contributed by atoms with van der Waals surface area (Å²) in [5.74, 6) is -0.842. The zero-order valence-electron chi connectivity index (χ0n) is 34.3. The number of carbonyl (C=O) groups excluding carboxylic acids is 2. The van der Waals surface area contributed by atoms with Gasteiger partial charge in [0.1, 0.15) is 19.8 Å². The Morgan fingerprint density at radius 3 is 1.54 bits per heavy atom. The van der Waals surface area contributed by atoms with Crippen molar-refractivity contribution in [2.24, 2.45) is 0 Å². The van der Waals surface area contributed by atoms with E-state index in [1.54, 1.807) is 0 Å². The van der Waals surface area contributed by atoms with Crippen LogP contribution in [0.25, 0.3) is 0 Å². The summed E-state index contributed by atoms with van der Waals surface area (Å²) < 4.78 is 33.8. The van der Waals surface area contributed by atoms with E-state index in [2.05, 4.69) is 38.2 Å². The summed E-state index contributed by atoms with van der Waals surface area (Å²) in [6, 6.07) is 0. The van der Waals surface area contributed by atoms with Gasteiger partial charge in [0.05, 0.1) is 27.7 Å². The summed E-state index contributed by atoms with van der Waals surface area (Å²) in [4.78, 5) is 37.4. The van der Waals surface area contributed by atoms with Crippen LogP contribution in [-0.2, 0) is 32.7 Å². The highest BCUT2D eigenvalue weighted by molar-refractivity contribution is 7.45. The fraction of sp³-hybridized carbons (Fsp3) is 0.857. The normalized spacial score (nSPS) is 13.9. The Hall–Kier alpha value is -1.51. The van der Waals surface area contributed by atoms with Crippen molar-refractivity contribution in [1.82, 2.24) is 0 Å². The van der Waals surface area contributed by atoms with Crippen LogP contribution in [0.1, 0.15) is 181 Å². The maximum absolute atomic E-state index is 12.6. The van der Waals surface area contributed by atoms with Crippen LogP contribution < -0.4 is 4.89 Å². The number of ether oxygens (including phenoxy) is 2. The Labute approximate surface area is 319 Å². The number of nitrogens with zero attached hydrogens (tertiary/aromatic N) is 1. The van der Waals surface area contributed by atoms with Crippen LogP contribution in [0.2, 0.25) is 0 Å². The molecule has 9 nitrogen and oxygen atoms in total. The van der Waals surface area contributed by atoms with Crippen LogP contribution in [0.5, 0.6) is 0 Å². The van der Waals surface area contributed by atoms with Gasteiger partial charge in [-0.25, -0.2) is 0 Å². The van der Waals surface area contributed by atoms with Gasteiger partial charge < -0.3 is 27.9 Å². The number of carbonyl (C=O) groups is 2. The SMILES string of the molecule is CCCCCC/C=C\C/C=C\CCCCCCCCCC(=O)OC(COC(=O)CCCCCCCCCCCC)COP(=O)([O-])OCC[N+](C)(C)C. The summed E-state index contributed by atoms with van der Waals surface area (Å²) in [5, 5.41) is 0. The van der Waals surface area contributed by atoms with Gasteiger partial charge in [0.2, 0.25) is 0 Å². The van der Waals surface area contributed by atoms with Crippen molar-refractivity contribution < 1.29 is 42.1 Å². The summed E-state index contributed by atoms with van der Waals surface area (Å²) in [7, 11) is 1.16. The van der Waals surface area contributed by atoms with Crippen LogP contribution in [-0.4, -0.2) is 70.0 Å². The van der Waals surface area contributed by atoms with E-state index in [1.807, 2.05) is 21.1 Å². The third kappa shape index (κ3) is 38.2. The van der Waals surface area contributed by atoms with Gasteiger partial charge in [-0.2, -0.15) is 0 Å². The quantitative estimate of drug-likeness (QED) is 0.0201. The Bertz CT molecular complexity index is 949. The lowest BCUT2D eigenvalue weighted by atomic mass is 10.1. The molecule has 0 bridgehead atoms. The van der Waals surface area contributed by atoms with Gasteiger partial charge in [-0.1, -0.05) is 147 Å². The first-order valence-corrected chi connectivity index (χ1v) is 22.5. The average molecular weight is 758 g/mol. The van der Waals surface area contributed by atoms with E-state index in [0.29, 0.717) is 17.4 Å². The van der Waals surface area contributed by atoms with E-state index >= 15 is 0 Å². The number of esters is 2. The first-order valence-electron chi connectivity index (χ1n) is 21.0. The largest absolute Gasteiger partial charge is 0.756 e. The minimum atomic E-state index is -4.62. The molecule has 0 saturated carbocycles. The summed E-state index contributed by atoms with van der Waals surface area (Å²) in [6.45, 7) is 4.19. The van der Waals surface area contributed by atoms with Gasteiger partial charge in [-0.05, 0) is 44.9 Å². The molecular weight excluding hydrogens is 677 g/mol. The molecule has 0 aliphatic heterocycles. The third-order valence-corrected chi connectivity index (χ3v) is 9.94. The molecule has 0 spiro atoms. The fourth-order valence-corrected chi connectivity index (χ4v) is 6.35. The van der Waals surface area contributed by atoms with E-state index in [4.69, 9.17) is 18.5 Å². The van der Waals surface area contributed by atoms with E-state index in [1.165, 1.54) is 96.3 Å². The average Bonchev–Trinajstić information content (AvgIpc) is 3.09. The number of phosphoric ester groups is 1. The van der Waals surface area contributed by atoms with Crippen LogP contribution in [0.4, 0.5) is 0 Å². The molecule has 0 aromatic rings. The second-order valence-corrected chi connectivity index (χ2v) is 16.8. The third-order valence-electron chi connectivity index (χ3n) is 8.97. The zero-order chi connectivity index (χ0) is 38.6. The van der Waals surface area contributed by atoms with Crippen molar-refractivity contribution in [2.45, 2.75) is 187 Å². The molecule has 0 heterocycles. The van der Waals surface area contributed by atoms with E-state index < -0.39 is 26.5 Å². The standard InChI is InChI=1S/C42H80NO8P/c1-6-8-10-12-14-16-18-19-20-21-22-23-24-25-27-29-31-33-35-42(45)51-40(39-50-52(46,47)49-37-36-43(3,4)5)38-48-41(44)34-32-30-28-26-17-15-13-11-9-7-2/h16,18,20-21,40H,6-15,17,19,22-39H2,1-5H3/b18-16-,21-20-. The molecule has 52 heavy (non-hydrogen) atoms. The molecule has 0 rings (SSSR count). The Morgan fingerprint density at radius 2 is 1.04 bits per heavy atom. The van der Waals surface area contributed by atoms with Crippen molar-refractivity contribution >= 4 is 19.8 Å². The smallest absolute Gasteiger partial charge is 0.306 e. The number of quaternary nitrogens is 1. The molecule has 0 aromatic heterocycles. The van der Waals surface area contributed by atoms with Gasteiger partial charge in [-0.15, -0.1) is 0 Å². The Balaban J connectivity index is 4.36. The zero-order valence-corrected chi connectivity index (χ0v) is 35.2. The van der Waals surface area contributed by atoms with Crippen molar-refractivity contribution in [2.75, 3.05) is 47.5 Å². The lowest BCUT2D eigenvalue weighted by Gasteiger charge is -2.28. The lowest BCUT2D eigenvalue weighted by molar-refractivity contribution is -0.870. The molecule has 0 aliphatic carbocycles. The maximum Gasteiger partial charge on any atom is 0.306 e. The number of likely N-dealkylation sites (N-methyl/N-ethyl adjacent to an activating group) is 1. The highest BCUT2D eigenvalue weighted by Gasteiger charge is 2.21. The van der Waals surface area contributed by atoms with Gasteiger partial charge in [0.25, 0.3) is 7.82 Å². The summed E-state index contributed by atoms with van der Waals surface area (Å²) in [5.41, 5.74) is 0. The predicted octanol–water partition coefficient (Wildman–Crippen LogP) is 10.9. The molecule has 0 aliphatic rings. The first kappa shape index (κ1) is 50.5. The van der Waals surface area contributed by atoms with Crippen molar-refractivity contribution in [3.8, 4) is 0 Å². The minimum absolute atomic E-state index is 0.0310. The van der Waals surface area contributed by atoms with Gasteiger partial charge in [-0.3, -0.25) is 14.2 Å². The maximum atomic E-state index is 12.6. The van der Waals surface area contributed by atoms with Gasteiger partial charge in [0, 0.05) is 12.8 Å². The van der Waals surface area contributed by atoms with E-state index in [0.717, 1.165) is 51.4 Å². The number of hydrogen-bond acceptors (Lipinski definition) is 8. The number of unbranched alkanes of at least 4 members (excludes halogenated alkanes) is 20. The van der Waals surface area contributed by atoms with Crippen LogP contribution in [0.3, 0.4) is 0 Å². The molecule has 0 radical (unpaired) electrons. The van der Waals surface area contributed by atoms with Crippen molar-refractivity contribution in [1.29, 1.82) is 0 Å². The number of rotatable bonds is 38. The molecule has 0 fully saturated rings. The highest BCUT2D eigenvalue weighted by Crippen LogP contribution is 2.38. The molecule has 2 unspecified atom stereocenters. The van der Waals surface area contributed by atoms with E-state index in [9.17, 15) is 19.0 Å². The van der Waals surface area contributed by atoms with Crippen LogP contribution in [0.15, 0.2) is 24.3 Å². The van der Waals surface area contributed by atoms with Crippen molar-refractivity contribution in [3.63, 3.8) is 0 Å². The molecule has 0 saturated heterocycles. The summed E-state index contributed by atoms with van der Waals surface area (Å²) in [6.07, 6.45) is 36.3. The molecule has 2 atom stereocenters. The molecule has 0 aromatic carbocycles. The second kappa shape index (κ2) is 35.2. The van der Waals surface area contributed by atoms with E-state index in [-0.39, 0.29) is 32.0 Å². The Kier molecular flexibility index (Phi) is 34.2. The van der Waals surface area contributed by atoms with Crippen LogP contribution in [0, 0.1) is 0 Å². The molecule has 0 amide bonds. The minimum Gasteiger partial charge on any atom is -0.756 e. The predicted molar refractivity (Wildman–Crippen MR) is 213 cm³/mol. The Morgan fingerprint density at radius 1 is 0.596 bits per heavy atom. The fourth-order valence-electron chi connectivity index (χ4n) is 5.63.